The molecule has 1 heterocycles. The Morgan fingerprint density at radius 2 is 0.964 bits per heavy atom. The molecule has 0 amide bonds. The van der Waals surface area contributed by atoms with Gasteiger partial charge in [-0.25, -0.2) is 0 Å². The second-order valence-electron chi connectivity index (χ2n) is 5.88. The van der Waals surface area contributed by atoms with Crippen LogP contribution in [0.3, 0.4) is 0 Å². The third-order valence-electron chi connectivity index (χ3n) is 3.82. The Kier molecular flexibility index (Phi) is 6.38. The number of nitrogens with zero attached hydrogens (tertiary/aromatic N) is 1. The fourth-order valence-electron chi connectivity index (χ4n) is 2.12. The Balaban J connectivity index is 3.01. The fraction of sp³-hybridized carbons (Fsp3) is 0.714. The van der Waals surface area contributed by atoms with Gasteiger partial charge in [0.05, 0.1) is 0 Å². The third kappa shape index (κ3) is 3.91. The lowest BCUT2D eigenvalue weighted by atomic mass is 9.91. The van der Waals surface area contributed by atoms with E-state index in [0.29, 0.717) is 0 Å². The van der Waals surface area contributed by atoms with Gasteiger partial charge in [-0.2, -0.15) is 57.1 Å². The highest BCUT2D eigenvalue weighted by molar-refractivity contribution is 5.10. The summed E-state index contributed by atoms with van der Waals surface area (Å²) in [4.78, 5) is 0. The molecular formula is C14H12F13N. The van der Waals surface area contributed by atoms with Crippen LogP contribution in [0, 0.1) is 0 Å². The molecule has 1 rings (SSSR count). The molecule has 1 nitrogen and oxygen atoms in total. The average Bonchev–Trinajstić information content (AvgIpc) is 3.03. The molecule has 0 aliphatic carbocycles. The van der Waals surface area contributed by atoms with Crippen LogP contribution in [-0.4, -0.2) is 40.4 Å². The molecule has 1 aromatic heterocycles. The summed E-state index contributed by atoms with van der Waals surface area (Å²) in [7, 11) is 0. The lowest BCUT2D eigenvalue weighted by molar-refractivity contribution is -0.440. The summed E-state index contributed by atoms with van der Waals surface area (Å²) in [5, 5.41) is 0. The van der Waals surface area contributed by atoms with Crippen molar-refractivity contribution in [3.05, 3.63) is 24.5 Å². The third-order valence-corrected chi connectivity index (χ3v) is 3.82. The molecule has 28 heavy (non-hydrogen) atoms. The minimum Gasteiger partial charge on any atom is -0.354 e. The van der Waals surface area contributed by atoms with Crippen LogP contribution in [0.25, 0.3) is 0 Å². The maximum Gasteiger partial charge on any atom is 0.460 e. The topological polar surface area (TPSA) is 4.93 Å². The maximum atomic E-state index is 13.5. The molecule has 0 aliphatic heterocycles. The van der Waals surface area contributed by atoms with Gasteiger partial charge in [-0.15, -0.1) is 0 Å². The van der Waals surface area contributed by atoms with E-state index >= 15 is 0 Å². The van der Waals surface area contributed by atoms with E-state index in [-0.39, 0.29) is 13.0 Å². The second kappa shape index (κ2) is 7.32. The molecule has 1 aromatic rings. The van der Waals surface area contributed by atoms with Crippen molar-refractivity contribution in [3.63, 3.8) is 0 Å². The summed E-state index contributed by atoms with van der Waals surface area (Å²) < 4.78 is 169. The summed E-state index contributed by atoms with van der Waals surface area (Å²) in [6.45, 7) is -0.0483. The predicted octanol–water partition coefficient (Wildman–Crippen LogP) is 6.40. The molecule has 0 spiro atoms. The summed E-state index contributed by atoms with van der Waals surface area (Å²) in [6, 6.07) is 3.01. The molecule has 0 radical (unpaired) electrons. The Bertz CT molecular complexity index is 630. The van der Waals surface area contributed by atoms with Crippen LogP contribution < -0.4 is 0 Å². The minimum atomic E-state index is -7.84. The van der Waals surface area contributed by atoms with E-state index in [9.17, 15) is 57.1 Å². The van der Waals surface area contributed by atoms with Crippen molar-refractivity contribution in [1.82, 2.24) is 4.57 Å². The van der Waals surface area contributed by atoms with Crippen molar-refractivity contribution < 1.29 is 57.1 Å². The van der Waals surface area contributed by atoms with Crippen molar-refractivity contribution >= 4 is 0 Å². The molecular weight excluding hydrogens is 429 g/mol. The highest BCUT2D eigenvalue weighted by Gasteiger charge is 2.90. The Hall–Kier alpha value is -1.63. The lowest BCUT2D eigenvalue weighted by Gasteiger charge is -2.39. The van der Waals surface area contributed by atoms with Crippen molar-refractivity contribution in [2.75, 3.05) is 0 Å². The molecule has 0 saturated heterocycles. The lowest BCUT2D eigenvalue weighted by Crippen LogP contribution is -2.70. The smallest absolute Gasteiger partial charge is 0.354 e. The quantitative estimate of drug-likeness (QED) is 0.309. The van der Waals surface area contributed by atoms with Gasteiger partial charge in [0.1, 0.15) is 0 Å². The van der Waals surface area contributed by atoms with Gasteiger partial charge in [0.2, 0.25) is 0 Å². The standard InChI is InChI=1S/C14H12F13N/c15-9(16,5-1-2-6-28-7-3-4-8-28)10(17,18)11(19,20)12(21,22)13(23,24)14(25,26)27/h3-4,7-8H,1-2,5-6H2. The molecule has 0 fully saturated rings. The molecule has 0 saturated carbocycles. The van der Waals surface area contributed by atoms with E-state index in [1.54, 1.807) is 0 Å². The maximum absolute atomic E-state index is 13.5. The summed E-state index contributed by atoms with van der Waals surface area (Å²) in [6.07, 6.45) is -7.92. The summed E-state index contributed by atoms with van der Waals surface area (Å²) >= 11 is 0. The van der Waals surface area contributed by atoms with Crippen LogP contribution in [0.5, 0.6) is 0 Å². The number of halogens is 13. The largest absolute Gasteiger partial charge is 0.460 e. The number of hydrogen-bond acceptors (Lipinski definition) is 0. The molecule has 0 bridgehead atoms. The van der Waals surface area contributed by atoms with Crippen LogP contribution in [0.2, 0.25) is 0 Å². The zero-order chi connectivity index (χ0) is 22.2. The SMILES string of the molecule is FC(F)(F)C(F)(F)C(F)(F)C(F)(F)C(F)(F)C(F)(F)CCCCn1cccc1. The Morgan fingerprint density at radius 3 is 1.39 bits per heavy atom. The molecule has 0 aromatic carbocycles. The number of aromatic nitrogens is 1. The van der Waals surface area contributed by atoms with Gasteiger partial charge in [-0.1, -0.05) is 0 Å². The summed E-state index contributed by atoms with van der Waals surface area (Å²) in [5.41, 5.74) is 0. The van der Waals surface area contributed by atoms with Gasteiger partial charge in [0.15, 0.2) is 0 Å². The molecule has 0 N–H and O–H groups in total. The first-order valence-electron chi connectivity index (χ1n) is 7.39. The number of hydrogen-bond donors (Lipinski definition) is 0. The fourth-order valence-corrected chi connectivity index (χ4v) is 2.12. The average molecular weight is 441 g/mol. The monoisotopic (exact) mass is 441 g/mol. The molecule has 14 heteroatoms. The molecule has 0 unspecified atom stereocenters. The van der Waals surface area contributed by atoms with Crippen LogP contribution in [0.1, 0.15) is 19.3 Å². The van der Waals surface area contributed by atoms with Gasteiger partial charge in [-0.05, 0) is 25.0 Å². The highest BCUT2D eigenvalue weighted by Crippen LogP contribution is 2.60. The van der Waals surface area contributed by atoms with E-state index < -0.39 is 48.6 Å². The van der Waals surface area contributed by atoms with E-state index in [0.717, 1.165) is 0 Å². The number of aryl methyl sites for hydroxylation is 1. The first-order chi connectivity index (χ1) is 12.3. The van der Waals surface area contributed by atoms with Crippen LogP contribution in [0.4, 0.5) is 57.1 Å². The van der Waals surface area contributed by atoms with Gasteiger partial charge < -0.3 is 4.57 Å². The minimum absolute atomic E-state index is 0.0483. The van der Waals surface area contributed by atoms with Gasteiger partial charge in [0, 0.05) is 25.4 Å². The van der Waals surface area contributed by atoms with Crippen LogP contribution >= 0.6 is 0 Å². The van der Waals surface area contributed by atoms with Gasteiger partial charge in [-0.3, -0.25) is 0 Å². The van der Waals surface area contributed by atoms with E-state index in [4.69, 9.17) is 0 Å². The van der Waals surface area contributed by atoms with E-state index in [2.05, 4.69) is 0 Å². The van der Waals surface area contributed by atoms with Crippen LogP contribution in [-0.2, 0) is 6.54 Å². The van der Waals surface area contributed by atoms with Crippen molar-refractivity contribution in [2.24, 2.45) is 0 Å². The van der Waals surface area contributed by atoms with Crippen molar-refractivity contribution in [3.8, 4) is 0 Å². The number of rotatable bonds is 9. The van der Waals surface area contributed by atoms with Crippen molar-refractivity contribution in [1.29, 1.82) is 0 Å². The summed E-state index contributed by atoms with van der Waals surface area (Å²) in [5.74, 6) is -36.4. The first kappa shape index (κ1) is 24.4. The van der Waals surface area contributed by atoms with E-state index in [1.165, 1.54) is 29.1 Å². The van der Waals surface area contributed by atoms with E-state index in [1.807, 2.05) is 0 Å². The first-order valence-corrected chi connectivity index (χ1v) is 7.39. The molecule has 164 valence electrons. The predicted molar refractivity (Wildman–Crippen MR) is 69.1 cm³/mol. The molecule has 0 aliphatic rings. The zero-order valence-corrected chi connectivity index (χ0v) is 13.5. The van der Waals surface area contributed by atoms with Crippen LogP contribution in [0.15, 0.2) is 24.5 Å². The molecule has 0 atom stereocenters. The van der Waals surface area contributed by atoms with Gasteiger partial charge >= 0.3 is 35.8 Å². The normalized spacial score (nSPS) is 15.2. The van der Waals surface area contributed by atoms with Crippen molar-refractivity contribution in [2.45, 2.75) is 61.6 Å². The number of unbranched alkanes of at least 4 members (excludes halogenated alkanes) is 1. The highest BCUT2D eigenvalue weighted by atomic mass is 19.4. The zero-order valence-electron chi connectivity index (χ0n) is 13.5. The Labute approximate surface area is 149 Å². The number of alkyl halides is 13. The Morgan fingerprint density at radius 1 is 0.536 bits per heavy atom. The van der Waals surface area contributed by atoms with Gasteiger partial charge in [0.25, 0.3) is 0 Å². The second-order valence-corrected chi connectivity index (χ2v) is 5.88.